The lowest BCUT2D eigenvalue weighted by Crippen LogP contribution is -2.25. The van der Waals surface area contributed by atoms with Gasteiger partial charge in [0.2, 0.25) is 0 Å². The summed E-state index contributed by atoms with van der Waals surface area (Å²) >= 11 is 0. The fourth-order valence-corrected chi connectivity index (χ4v) is 1.84. The molecule has 0 saturated carbocycles. The van der Waals surface area contributed by atoms with Gasteiger partial charge < -0.3 is 10.4 Å². The number of carbonyl (C=O) groups is 1. The minimum absolute atomic E-state index is 0.109. The van der Waals surface area contributed by atoms with Crippen LogP contribution in [0.3, 0.4) is 0 Å². The van der Waals surface area contributed by atoms with Gasteiger partial charge in [-0.15, -0.1) is 0 Å². The van der Waals surface area contributed by atoms with E-state index in [0.29, 0.717) is 12.0 Å². The van der Waals surface area contributed by atoms with Crippen molar-refractivity contribution in [2.75, 3.05) is 6.54 Å². The maximum atomic E-state index is 13.0. The Balaban J connectivity index is 1.93. The van der Waals surface area contributed by atoms with Crippen molar-refractivity contribution >= 4 is 5.91 Å². The zero-order valence-electron chi connectivity index (χ0n) is 10.6. The van der Waals surface area contributed by atoms with E-state index in [0.717, 1.165) is 6.07 Å². The monoisotopic (exact) mass is 277 g/mol. The van der Waals surface area contributed by atoms with E-state index in [1.54, 1.807) is 12.1 Å². The molecular formula is C15H13F2NO2. The Kier molecular flexibility index (Phi) is 4.30. The lowest BCUT2D eigenvalue weighted by atomic mass is 10.1. The molecule has 0 bridgehead atoms. The largest absolute Gasteiger partial charge is 0.507 e. The molecule has 20 heavy (non-hydrogen) atoms. The van der Waals surface area contributed by atoms with Crippen molar-refractivity contribution in [2.45, 2.75) is 6.42 Å². The molecule has 2 rings (SSSR count). The number of amides is 1. The topological polar surface area (TPSA) is 49.3 Å². The van der Waals surface area contributed by atoms with Gasteiger partial charge in [0.05, 0.1) is 5.56 Å². The Labute approximate surface area is 114 Å². The van der Waals surface area contributed by atoms with Crippen LogP contribution in [0.25, 0.3) is 0 Å². The van der Waals surface area contributed by atoms with Gasteiger partial charge in [-0.2, -0.15) is 0 Å². The van der Waals surface area contributed by atoms with E-state index in [2.05, 4.69) is 5.32 Å². The molecule has 5 heteroatoms. The fourth-order valence-electron chi connectivity index (χ4n) is 1.84. The second kappa shape index (κ2) is 6.14. The van der Waals surface area contributed by atoms with Gasteiger partial charge in [-0.1, -0.05) is 12.1 Å². The van der Waals surface area contributed by atoms with E-state index >= 15 is 0 Å². The first-order valence-electron chi connectivity index (χ1n) is 6.07. The quantitative estimate of drug-likeness (QED) is 0.902. The van der Waals surface area contributed by atoms with E-state index < -0.39 is 17.5 Å². The third-order valence-electron chi connectivity index (χ3n) is 2.77. The van der Waals surface area contributed by atoms with Gasteiger partial charge in [-0.3, -0.25) is 4.79 Å². The minimum Gasteiger partial charge on any atom is -0.507 e. The van der Waals surface area contributed by atoms with E-state index in [-0.39, 0.29) is 17.9 Å². The van der Waals surface area contributed by atoms with Crippen molar-refractivity contribution in [1.82, 2.24) is 5.32 Å². The second-order valence-electron chi connectivity index (χ2n) is 4.30. The number of para-hydroxylation sites is 1. The molecular weight excluding hydrogens is 264 g/mol. The molecule has 0 aliphatic rings. The van der Waals surface area contributed by atoms with Crippen LogP contribution in [0.15, 0.2) is 42.5 Å². The molecule has 0 aliphatic carbocycles. The summed E-state index contributed by atoms with van der Waals surface area (Å²) in [4.78, 5) is 11.8. The maximum absolute atomic E-state index is 13.0. The van der Waals surface area contributed by atoms with Crippen molar-refractivity contribution in [2.24, 2.45) is 0 Å². The zero-order valence-corrected chi connectivity index (χ0v) is 10.6. The van der Waals surface area contributed by atoms with Gasteiger partial charge in [0.15, 0.2) is 0 Å². The van der Waals surface area contributed by atoms with Crippen molar-refractivity contribution in [1.29, 1.82) is 0 Å². The number of rotatable bonds is 4. The van der Waals surface area contributed by atoms with Crippen LogP contribution in [0.5, 0.6) is 5.75 Å². The minimum atomic E-state index is -0.646. The number of phenolic OH excluding ortho intramolecular Hbond substituents is 1. The number of aromatic hydroxyl groups is 1. The Morgan fingerprint density at radius 2 is 1.75 bits per heavy atom. The predicted octanol–water partition coefficient (Wildman–Crippen LogP) is 2.64. The molecule has 0 heterocycles. The fraction of sp³-hybridized carbons (Fsp3) is 0.133. The number of hydrogen-bond acceptors (Lipinski definition) is 2. The molecule has 0 saturated heterocycles. The maximum Gasteiger partial charge on any atom is 0.255 e. The molecule has 2 aromatic rings. The summed E-state index contributed by atoms with van der Waals surface area (Å²) < 4.78 is 25.9. The van der Waals surface area contributed by atoms with Crippen LogP contribution in [-0.2, 0) is 6.42 Å². The Bertz CT molecular complexity index is 609. The summed E-state index contributed by atoms with van der Waals surface area (Å²) in [5, 5.41) is 12.1. The van der Waals surface area contributed by atoms with Crippen molar-refractivity contribution in [3.63, 3.8) is 0 Å². The highest BCUT2D eigenvalue weighted by Crippen LogP contribution is 2.15. The van der Waals surface area contributed by atoms with Crippen LogP contribution in [0.2, 0.25) is 0 Å². The molecule has 2 N–H and O–H groups in total. The third-order valence-corrected chi connectivity index (χ3v) is 2.77. The number of hydrogen-bond donors (Lipinski definition) is 2. The molecule has 0 radical (unpaired) electrons. The number of carbonyl (C=O) groups excluding carboxylic acids is 1. The second-order valence-corrected chi connectivity index (χ2v) is 4.30. The van der Waals surface area contributed by atoms with E-state index in [1.165, 1.54) is 24.3 Å². The summed E-state index contributed by atoms with van der Waals surface area (Å²) in [6.45, 7) is 0.218. The van der Waals surface area contributed by atoms with Crippen molar-refractivity contribution < 1.29 is 18.7 Å². The molecule has 1 amide bonds. The summed E-state index contributed by atoms with van der Waals surface area (Å²) in [5.41, 5.74) is 0.623. The molecule has 104 valence electrons. The first-order valence-corrected chi connectivity index (χ1v) is 6.07. The van der Waals surface area contributed by atoms with Crippen molar-refractivity contribution in [3.05, 3.63) is 65.2 Å². The summed E-state index contributed by atoms with van der Waals surface area (Å²) in [6.07, 6.45) is 0.300. The van der Waals surface area contributed by atoms with E-state index in [4.69, 9.17) is 0 Å². The first-order chi connectivity index (χ1) is 9.56. The van der Waals surface area contributed by atoms with Gasteiger partial charge in [0, 0.05) is 12.6 Å². The zero-order chi connectivity index (χ0) is 14.5. The predicted molar refractivity (Wildman–Crippen MR) is 70.5 cm³/mol. The summed E-state index contributed by atoms with van der Waals surface area (Å²) in [5.74, 6) is -1.83. The standard InChI is InChI=1S/C15H13F2NO2/c16-11-7-10(8-12(17)9-11)5-6-18-15(20)13-3-1-2-4-14(13)19/h1-4,7-9,19H,5-6H2,(H,18,20). The van der Waals surface area contributed by atoms with Crippen LogP contribution in [-0.4, -0.2) is 17.6 Å². The highest BCUT2D eigenvalue weighted by atomic mass is 19.1. The molecule has 0 spiro atoms. The van der Waals surface area contributed by atoms with Crippen LogP contribution in [0.4, 0.5) is 8.78 Å². The first kappa shape index (κ1) is 14.0. The molecule has 3 nitrogen and oxygen atoms in total. The number of halogens is 2. The van der Waals surface area contributed by atoms with Gasteiger partial charge in [0.1, 0.15) is 17.4 Å². The number of phenols is 1. The van der Waals surface area contributed by atoms with Gasteiger partial charge in [-0.05, 0) is 36.2 Å². The molecule has 0 aromatic heterocycles. The molecule has 0 fully saturated rings. The molecule has 0 aliphatic heterocycles. The number of nitrogens with one attached hydrogen (secondary N) is 1. The normalized spacial score (nSPS) is 10.3. The van der Waals surface area contributed by atoms with E-state index in [9.17, 15) is 18.7 Å². The van der Waals surface area contributed by atoms with Crippen LogP contribution >= 0.6 is 0 Å². The van der Waals surface area contributed by atoms with Gasteiger partial charge in [0.25, 0.3) is 5.91 Å². The molecule has 0 atom stereocenters. The van der Waals surface area contributed by atoms with Crippen LogP contribution in [0.1, 0.15) is 15.9 Å². The smallest absolute Gasteiger partial charge is 0.255 e. The average Bonchev–Trinajstić information content (AvgIpc) is 2.38. The van der Waals surface area contributed by atoms with Gasteiger partial charge >= 0.3 is 0 Å². The van der Waals surface area contributed by atoms with Crippen LogP contribution in [0, 0.1) is 11.6 Å². The van der Waals surface area contributed by atoms with Crippen molar-refractivity contribution in [3.8, 4) is 5.75 Å². The highest BCUT2D eigenvalue weighted by molar-refractivity contribution is 5.96. The molecule has 0 unspecified atom stereocenters. The highest BCUT2D eigenvalue weighted by Gasteiger charge is 2.09. The summed E-state index contributed by atoms with van der Waals surface area (Å²) in [7, 11) is 0. The Morgan fingerprint density at radius 1 is 1.10 bits per heavy atom. The molecule has 2 aromatic carbocycles. The number of benzene rings is 2. The lowest BCUT2D eigenvalue weighted by molar-refractivity contribution is 0.0951. The third kappa shape index (κ3) is 3.54. The average molecular weight is 277 g/mol. The van der Waals surface area contributed by atoms with Gasteiger partial charge in [-0.25, -0.2) is 8.78 Å². The van der Waals surface area contributed by atoms with E-state index in [1.807, 2.05) is 0 Å². The van der Waals surface area contributed by atoms with Crippen LogP contribution < -0.4 is 5.32 Å². The Hall–Kier alpha value is -2.43. The lowest BCUT2D eigenvalue weighted by Gasteiger charge is -2.07. The Morgan fingerprint density at radius 3 is 2.40 bits per heavy atom. The summed E-state index contributed by atoms with van der Waals surface area (Å²) in [6, 6.07) is 9.39. The SMILES string of the molecule is O=C(NCCc1cc(F)cc(F)c1)c1ccccc1O.